The number of fused-ring (bicyclic) bond motifs is 1. The minimum absolute atomic E-state index is 0.308. The van der Waals surface area contributed by atoms with E-state index in [2.05, 4.69) is 18.8 Å². The van der Waals surface area contributed by atoms with Gasteiger partial charge in [0.05, 0.1) is 6.54 Å². The maximum absolute atomic E-state index is 13.2. The molecule has 0 aliphatic carbocycles. The molecule has 0 N–H and O–H groups in total. The molecule has 6 nitrogen and oxygen atoms in total. The summed E-state index contributed by atoms with van der Waals surface area (Å²) in [7, 11) is 3.07. The first-order chi connectivity index (χ1) is 12.3. The van der Waals surface area contributed by atoms with E-state index in [-0.39, 0.29) is 11.4 Å². The molecular weight excluding hydrogens is 355 g/mol. The standard InChI is InChI=1S/C18H21FN4O2S/c1-11(2)10-26-17-20-15-14(16(24)22(4)18(25)21(15)3)23(17)9-12-5-7-13(19)8-6-12/h5-8,11H,9-10H2,1-4H3. The molecule has 26 heavy (non-hydrogen) atoms. The van der Waals surface area contributed by atoms with Crippen molar-refractivity contribution in [3.63, 3.8) is 0 Å². The molecular formula is C18H21FN4O2S. The highest BCUT2D eigenvalue weighted by atomic mass is 32.2. The van der Waals surface area contributed by atoms with Crippen LogP contribution in [0.4, 0.5) is 4.39 Å². The average Bonchev–Trinajstić information content (AvgIpc) is 2.96. The molecule has 1 aromatic carbocycles. The number of benzene rings is 1. The van der Waals surface area contributed by atoms with Gasteiger partial charge in [0.2, 0.25) is 0 Å². The second-order valence-corrected chi connectivity index (χ2v) is 7.68. The molecule has 3 aromatic rings. The van der Waals surface area contributed by atoms with Crippen LogP contribution >= 0.6 is 11.8 Å². The maximum atomic E-state index is 13.2. The van der Waals surface area contributed by atoms with Gasteiger partial charge < -0.3 is 4.57 Å². The molecule has 0 aliphatic rings. The van der Waals surface area contributed by atoms with Crippen LogP contribution in [0.5, 0.6) is 0 Å². The van der Waals surface area contributed by atoms with Crippen LogP contribution < -0.4 is 11.2 Å². The fourth-order valence-electron chi connectivity index (χ4n) is 2.70. The Balaban J connectivity index is 2.22. The molecule has 0 atom stereocenters. The lowest BCUT2D eigenvalue weighted by atomic mass is 10.2. The Morgan fingerprint density at radius 2 is 1.77 bits per heavy atom. The molecule has 0 spiro atoms. The Hall–Kier alpha value is -2.35. The van der Waals surface area contributed by atoms with E-state index in [4.69, 9.17) is 0 Å². The van der Waals surface area contributed by atoms with E-state index in [0.29, 0.717) is 28.8 Å². The monoisotopic (exact) mass is 376 g/mol. The van der Waals surface area contributed by atoms with Crippen LogP contribution in [-0.2, 0) is 20.6 Å². The van der Waals surface area contributed by atoms with E-state index < -0.39 is 5.69 Å². The van der Waals surface area contributed by atoms with Crippen molar-refractivity contribution in [2.75, 3.05) is 5.75 Å². The normalized spacial score (nSPS) is 11.6. The van der Waals surface area contributed by atoms with Crippen molar-refractivity contribution >= 4 is 22.9 Å². The van der Waals surface area contributed by atoms with Gasteiger partial charge >= 0.3 is 5.69 Å². The van der Waals surface area contributed by atoms with Gasteiger partial charge in [-0.15, -0.1) is 0 Å². The number of rotatable bonds is 5. The Morgan fingerprint density at radius 1 is 1.12 bits per heavy atom. The zero-order valence-corrected chi connectivity index (χ0v) is 16.0. The molecule has 2 aromatic heterocycles. The molecule has 0 bridgehead atoms. The van der Waals surface area contributed by atoms with Gasteiger partial charge in [-0.2, -0.15) is 0 Å². The Kier molecular flexibility index (Phi) is 5.04. The zero-order chi connectivity index (χ0) is 19.0. The van der Waals surface area contributed by atoms with E-state index >= 15 is 0 Å². The maximum Gasteiger partial charge on any atom is 0.332 e. The SMILES string of the molecule is CC(C)CSc1nc2c(c(=O)n(C)c(=O)n2C)n1Cc1ccc(F)cc1. The largest absolute Gasteiger partial charge is 0.332 e. The predicted molar refractivity (Wildman–Crippen MR) is 101 cm³/mol. The second-order valence-electron chi connectivity index (χ2n) is 6.69. The van der Waals surface area contributed by atoms with Crippen molar-refractivity contribution in [3.8, 4) is 0 Å². The van der Waals surface area contributed by atoms with E-state index in [1.54, 1.807) is 30.9 Å². The Bertz CT molecular complexity index is 1060. The molecule has 0 fully saturated rings. The van der Waals surface area contributed by atoms with Gasteiger partial charge in [0.1, 0.15) is 5.82 Å². The summed E-state index contributed by atoms with van der Waals surface area (Å²) in [6.45, 7) is 4.59. The van der Waals surface area contributed by atoms with Crippen LogP contribution in [0.1, 0.15) is 19.4 Å². The van der Waals surface area contributed by atoms with Gasteiger partial charge in [0.15, 0.2) is 16.3 Å². The highest BCUT2D eigenvalue weighted by molar-refractivity contribution is 7.99. The van der Waals surface area contributed by atoms with Gasteiger partial charge in [-0.25, -0.2) is 14.2 Å². The summed E-state index contributed by atoms with van der Waals surface area (Å²) in [4.78, 5) is 29.5. The minimum Gasteiger partial charge on any atom is -0.309 e. The first-order valence-corrected chi connectivity index (χ1v) is 9.31. The fraction of sp³-hybridized carbons (Fsp3) is 0.389. The van der Waals surface area contributed by atoms with Crippen molar-refractivity contribution in [2.24, 2.45) is 20.0 Å². The molecule has 138 valence electrons. The van der Waals surface area contributed by atoms with E-state index in [9.17, 15) is 14.0 Å². The summed E-state index contributed by atoms with van der Waals surface area (Å²) >= 11 is 1.55. The van der Waals surface area contributed by atoms with Crippen LogP contribution in [0.2, 0.25) is 0 Å². The number of aromatic nitrogens is 4. The van der Waals surface area contributed by atoms with Crippen molar-refractivity contribution in [1.29, 1.82) is 0 Å². The van der Waals surface area contributed by atoms with E-state index in [1.165, 1.54) is 23.7 Å². The van der Waals surface area contributed by atoms with Crippen molar-refractivity contribution in [1.82, 2.24) is 18.7 Å². The summed E-state index contributed by atoms with van der Waals surface area (Å²) in [5, 5.41) is 0.677. The first-order valence-electron chi connectivity index (χ1n) is 8.33. The minimum atomic E-state index is -0.408. The number of thioether (sulfide) groups is 1. The van der Waals surface area contributed by atoms with E-state index in [1.807, 2.05) is 4.57 Å². The van der Waals surface area contributed by atoms with Gasteiger partial charge in [0, 0.05) is 19.8 Å². The van der Waals surface area contributed by atoms with Crippen molar-refractivity contribution in [3.05, 3.63) is 56.5 Å². The number of aryl methyl sites for hydroxylation is 1. The van der Waals surface area contributed by atoms with Crippen LogP contribution in [0, 0.1) is 11.7 Å². The van der Waals surface area contributed by atoms with Gasteiger partial charge in [0.25, 0.3) is 5.56 Å². The molecule has 0 unspecified atom stereocenters. The topological polar surface area (TPSA) is 61.8 Å². The summed E-state index contributed by atoms with van der Waals surface area (Å²) in [5.41, 5.74) is 0.813. The van der Waals surface area contributed by atoms with Crippen molar-refractivity contribution in [2.45, 2.75) is 25.5 Å². The van der Waals surface area contributed by atoms with Crippen LogP contribution in [0.15, 0.2) is 39.0 Å². The zero-order valence-electron chi connectivity index (χ0n) is 15.2. The Morgan fingerprint density at radius 3 is 2.38 bits per heavy atom. The third kappa shape index (κ3) is 3.33. The van der Waals surface area contributed by atoms with Crippen molar-refractivity contribution < 1.29 is 4.39 Å². The van der Waals surface area contributed by atoms with Gasteiger partial charge in [-0.3, -0.25) is 13.9 Å². The highest BCUT2D eigenvalue weighted by Crippen LogP contribution is 2.24. The first kappa shape index (κ1) is 18.4. The smallest absolute Gasteiger partial charge is 0.309 e. The summed E-state index contributed by atoms with van der Waals surface area (Å²) in [6, 6.07) is 6.15. The van der Waals surface area contributed by atoms with Gasteiger partial charge in [-0.1, -0.05) is 37.7 Å². The molecule has 2 heterocycles. The highest BCUT2D eigenvalue weighted by Gasteiger charge is 2.19. The molecule has 8 heteroatoms. The molecule has 0 amide bonds. The van der Waals surface area contributed by atoms with Crippen LogP contribution in [-0.4, -0.2) is 24.4 Å². The molecule has 0 radical (unpaired) electrons. The summed E-state index contributed by atoms with van der Waals surface area (Å²) < 4.78 is 17.5. The number of hydrogen-bond acceptors (Lipinski definition) is 4. The number of imidazole rings is 1. The molecule has 3 rings (SSSR count). The van der Waals surface area contributed by atoms with E-state index in [0.717, 1.165) is 15.9 Å². The quantitative estimate of drug-likeness (QED) is 0.642. The lowest BCUT2D eigenvalue weighted by Gasteiger charge is -2.10. The molecule has 0 saturated heterocycles. The third-order valence-corrected chi connectivity index (χ3v) is 5.52. The average molecular weight is 376 g/mol. The third-order valence-electron chi connectivity index (χ3n) is 4.11. The number of hydrogen-bond donors (Lipinski definition) is 0. The molecule has 0 saturated carbocycles. The molecule has 0 aliphatic heterocycles. The Labute approximate surface area is 154 Å². The van der Waals surface area contributed by atoms with Gasteiger partial charge in [-0.05, 0) is 23.6 Å². The predicted octanol–water partition coefficient (Wildman–Crippen LogP) is 2.37. The summed E-state index contributed by atoms with van der Waals surface area (Å²) in [5.74, 6) is 0.976. The summed E-state index contributed by atoms with van der Waals surface area (Å²) in [6.07, 6.45) is 0. The fourth-order valence-corrected chi connectivity index (χ4v) is 3.64. The number of halogens is 1. The lowest BCUT2D eigenvalue weighted by Crippen LogP contribution is -2.37. The lowest BCUT2D eigenvalue weighted by molar-refractivity contribution is 0.625. The number of nitrogens with zero attached hydrogens (tertiary/aromatic N) is 4. The van der Waals surface area contributed by atoms with Crippen LogP contribution in [0.25, 0.3) is 11.2 Å². The second kappa shape index (κ2) is 7.11. The van der Waals surface area contributed by atoms with Crippen LogP contribution in [0.3, 0.4) is 0 Å².